The molecule has 1 unspecified atom stereocenters. The Kier molecular flexibility index (Phi) is 5.71. The number of ether oxygens (including phenoxy) is 1. The summed E-state index contributed by atoms with van der Waals surface area (Å²) in [7, 11) is 0. The lowest BCUT2D eigenvalue weighted by Gasteiger charge is -2.20. The molecule has 0 aliphatic carbocycles. The van der Waals surface area contributed by atoms with Crippen molar-refractivity contribution in [3.63, 3.8) is 0 Å². The molecule has 6 rings (SSSR count). The maximum atomic E-state index is 5.66. The Balaban J connectivity index is 1.27. The summed E-state index contributed by atoms with van der Waals surface area (Å²) in [5, 5.41) is 4.36. The van der Waals surface area contributed by atoms with Crippen LogP contribution in [0.25, 0.3) is 20.8 Å². The molecule has 2 saturated heterocycles. The lowest BCUT2D eigenvalue weighted by atomic mass is 9.96. The van der Waals surface area contributed by atoms with E-state index < -0.39 is 0 Å². The predicted octanol–water partition coefficient (Wildman–Crippen LogP) is 4.99. The summed E-state index contributed by atoms with van der Waals surface area (Å²) in [6.45, 7) is 4.84. The van der Waals surface area contributed by atoms with Crippen LogP contribution in [0.4, 0.5) is 11.6 Å². The molecular formula is C25H26N6OS. The van der Waals surface area contributed by atoms with Crippen molar-refractivity contribution in [1.29, 1.82) is 0 Å². The van der Waals surface area contributed by atoms with Crippen molar-refractivity contribution in [3.8, 4) is 10.6 Å². The number of rotatable bonds is 6. The van der Waals surface area contributed by atoms with E-state index in [9.17, 15) is 0 Å². The van der Waals surface area contributed by atoms with E-state index in [0.717, 1.165) is 77.4 Å². The first-order valence-corrected chi connectivity index (χ1v) is 12.4. The molecule has 0 bridgehead atoms. The average molecular weight is 459 g/mol. The SMILES string of the molecule is c1cncc(-c2nc3cc(Nc4ccc(C5CCOC5)c(CN5CCCC5)n4)ncc3s2)c1. The molecule has 0 spiro atoms. The van der Waals surface area contributed by atoms with Crippen LogP contribution in [-0.2, 0) is 11.3 Å². The number of nitrogens with zero attached hydrogens (tertiary/aromatic N) is 5. The zero-order valence-corrected chi connectivity index (χ0v) is 19.2. The molecule has 1 atom stereocenters. The normalized spacial score (nSPS) is 18.8. The van der Waals surface area contributed by atoms with Gasteiger partial charge in [0.25, 0.3) is 0 Å². The molecular weight excluding hydrogens is 432 g/mol. The summed E-state index contributed by atoms with van der Waals surface area (Å²) in [4.78, 5) is 21.2. The number of likely N-dealkylation sites (tertiary alicyclic amines) is 1. The fraction of sp³-hybridized carbons (Fsp3) is 0.360. The lowest BCUT2D eigenvalue weighted by Crippen LogP contribution is -2.21. The van der Waals surface area contributed by atoms with Gasteiger partial charge in [0, 0.05) is 49.3 Å². The summed E-state index contributed by atoms with van der Waals surface area (Å²) in [6.07, 6.45) is 9.12. The molecule has 8 heteroatoms. The number of anilines is 2. The molecule has 1 N–H and O–H groups in total. The Hall–Kier alpha value is -2.94. The minimum absolute atomic E-state index is 0.444. The molecule has 4 aromatic rings. The van der Waals surface area contributed by atoms with Crippen LogP contribution in [0.1, 0.15) is 36.4 Å². The van der Waals surface area contributed by atoms with Gasteiger partial charge in [0.2, 0.25) is 0 Å². The second-order valence-corrected chi connectivity index (χ2v) is 9.73. The van der Waals surface area contributed by atoms with Gasteiger partial charge in [-0.3, -0.25) is 9.88 Å². The van der Waals surface area contributed by atoms with Crippen molar-refractivity contribution in [2.45, 2.75) is 31.7 Å². The maximum Gasteiger partial charge on any atom is 0.133 e. The van der Waals surface area contributed by atoms with Crippen molar-refractivity contribution >= 4 is 33.2 Å². The van der Waals surface area contributed by atoms with E-state index in [0.29, 0.717) is 5.92 Å². The number of aromatic nitrogens is 4. The highest BCUT2D eigenvalue weighted by Gasteiger charge is 2.23. The zero-order valence-electron chi connectivity index (χ0n) is 18.4. The molecule has 4 aromatic heterocycles. The summed E-state index contributed by atoms with van der Waals surface area (Å²) >= 11 is 1.63. The van der Waals surface area contributed by atoms with E-state index in [4.69, 9.17) is 14.7 Å². The van der Waals surface area contributed by atoms with Crippen molar-refractivity contribution in [2.24, 2.45) is 0 Å². The number of nitrogens with one attached hydrogen (secondary N) is 1. The van der Waals surface area contributed by atoms with Crippen LogP contribution in [0.5, 0.6) is 0 Å². The third-order valence-corrected chi connectivity index (χ3v) is 7.45. The Morgan fingerprint density at radius 2 is 2.03 bits per heavy atom. The summed E-state index contributed by atoms with van der Waals surface area (Å²) in [6, 6.07) is 10.2. The molecule has 0 radical (unpaired) electrons. The van der Waals surface area contributed by atoms with Gasteiger partial charge in [-0.1, -0.05) is 6.07 Å². The number of thiazole rings is 1. The van der Waals surface area contributed by atoms with E-state index >= 15 is 0 Å². The zero-order chi connectivity index (χ0) is 22.0. The molecule has 0 aromatic carbocycles. The Morgan fingerprint density at radius 3 is 2.85 bits per heavy atom. The average Bonchev–Trinajstić information content (AvgIpc) is 3.62. The second-order valence-electron chi connectivity index (χ2n) is 8.70. The van der Waals surface area contributed by atoms with Crippen LogP contribution in [0.15, 0.2) is 48.9 Å². The summed E-state index contributed by atoms with van der Waals surface area (Å²) < 4.78 is 6.71. The van der Waals surface area contributed by atoms with Gasteiger partial charge in [0.15, 0.2) is 0 Å². The highest BCUT2D eigenvalue weighted by atomic mass is 32.1. The predicted molar refractivity (Wildman–Crippen MR) is 131 cm³/mol. The molecule has 6 heterocycles. The topological polar surface area (TPSA) is 76.1 Å². The van der Waals surface area contributed by atoms with E-state index in [-0.39, 0.29) is 0 Å². The first-order valence-electron chi connectivity index (χ1n) is 11.6. The van der Waals surface area contributed by atoms with Crippen LogP contribution in [0.3, 0.4) is 0 Å². The highest BCUT2D eigenvalue weighted by Crippen LogP contribution is 2.32. The molecule has 2 aliphatic rings. The molecule has 7 nitrogen and oxygen atoms in total. The summed E-state index contributed by atoms with van der Waals surface area (Å²) in [5.41, 5.74) is 4.43. The number of hydrogen-bond donors (Lipinski definition) is 1. The van der Waals surface area contributed by atoms with Crippen LogP contribution < -0.4 is 5.32 Å². The Labute approximate surface area is 196 Å². The van der Waals surface area contributed by atoms with E-state index in [2.05, 4.69) is 32.3 Å². The number of fused-ring (bicyclic) bond motifs is 1. The van der Waals surface area contributed by atoms with Crippen LogP contribution in [0, 0.1) is 0 Å². The van der Waals surface area contributed by atoms with Crippen molar-refractivity contribution in [2.75, 3.05) is 31.6 Å². The fourth-order valence-corrected chi connectivity index (χ4v) is 5.56. The molecule has 33 heavy (non-hydrogen) atoms. The molecule has 2 aliphatic heterocycles. The minimum atomic E-state index is 0.444. The van der Waals surface area contributed by atoms with Crippen molar-refractivity contribution in [3.05, 3.63) is 60.2 Å². The Bertz CT molecular complexity index is 1250. The second kappa shape index (κ2) is 9.13. The van der Waals surface area contributed by atoms with Gasteiger partial charge in [-0.2, -0.15) is 0 Å². The smallest absolute Gasteiger partial charge is 0.133 e. The minimum Gasteiger partial charge on any atom is -0.381 e. The fourth-order valence-electron chi connectivity index (χ4n) is 4.66. The van der Waals surface area contributed by atoms with Crippen LogP contribution in [0.2, 0.25) is 0 Å². The Morgan fingerprint density at radius 1 is 1.09 bits per heavy atom. The van der Waals surface area contributed by atoms with Crippen molar-refractivity contribution < 1.29 is 4.74 Å². The number of hydrogen-bond acceptors (Lipinski definition) is 8. The van der Waals surface area contributed by atoms with Gasteiger partial charge in [-0.15, -0.1) is 11.3 Å². The standard InChI is InChI=1S/C25H26N6OS/c1-2-10-31(9-1)15-21-19(18-7-11-32-16-18)5-6-23(28-21)30-24-12-20-22(14-27-24)33-25(29-20)17-4-3-8-26-13-17/h3-6,8,12-14,18H,1-2,7,9-11,15-16H2,(H,27,28,30). The monoisotopic (exact) mass is 458 g/mol. The van der Waals surface area contributed by atoms with E-state index in [1.54, 1.807) is 17.5 Å². The lowest BCUT2D eigenvalue weighted by molar-refractivity contribution is 0.193. The van der Waals surface area contributed by atoms with Gasteiger partial charge in [0.1, 0.15) is 16.6 Å². The van der Waals surface area contributed by atoms with Gasteiger partial charge in [-0.05, 0) is 56.1 Å². The van der Waals surface area contributed by atoms with Crippen LogP contribution in [-0.4, -0.2) is 51.1 Å². The van der Waals surface area contributed by atoms with E-state index in [1.807, 2.05) is 30.6 Å². The first kappa shape index (κ1) is 20.7. The molecule has 2 fully saturated rings. The molecule has 0 saturated carbocycles. The first-order chi connectivity index (χ1) is 16.3. The quantitative estimate of drug-likeness (QED) is 0.436. The third-order valence-electron chi connectivity index (χ3n) is 6.39. The molecule has 168 valence electrons. The van der Waals surface area contributed by atoms with Gasteiger partial charge in [-0.25, -0.2) is 15.0 Å². The summed E-state index contributed by atoms with van der Waals surface area (Å²) in [5.74, 6) is 2.02. The van der Waals surface area contributed by atoms with Crippen LogP contribution >= 0.6 is 11.3 Å². The molecule has 0 amide bonds. The largest absolute Gasteiger partial charge is 0.381 e. The van der Waals surface area contributed by atoms with Crippen molar-refractivity contribution in [1.82, 2.24) is 24.8 Å². The highest BCUT2D eigenvalue weighted by molar-refractivity contribution is 7.21. The maximum absolute atomic E-state index is 5.66. The van der Waals surface area contributed by atoms with Gasteiger partial charge < -0.3 is 10.1 Å². The van der Waals surface area contributed by atoms with E-state index in [1.165, 1.54) is 18.4 Å². The number of pyridine rings is 3. The third kappa shape index (κ3) is 4.46. The van der Waals surface area contributed by atoms with Gasteiger partial charge >= 0.3 is 0 Å². The van der Waals surface area contributed by atoms with Gasteiger partial charge in [0.05, 0.1) is 22.5 Å².